The van der Waals surface area contributed by atoms with Gasteiger partial charge in [0, 0.05) is 23.8 Å². The molecule has 2 rings (SSSR count). The fourth-order valence-electron chi connectivity index (χ4n) is 2.13. The van der Waals surface area contributed by atoms with Gasteiger partial charge in [0.2, 0.25) is 5.91 Å². The van der Waals surface area contributed by atoms with Crippen molar-refractivity contribution in [3.8, 4) is 0 Å². The minimum Gasteiger partial charge on any atom is -0.326 e. The summed E-state index contributed by atoms with van der Waals surface area (Å²) >= 11 is 0. The number of hydrogen-bond acceptors (Lipinski definition) is 4. The largest absolute Gasteiger partial charge is 0.326 e. The predicted octanol–water partition coefficient (Wildman–Crippen LogP) is 2.83. The van der Waals surface area contributed by atoms with Crippen molar-refractivity contribution in [2.75, 3.05) is 5.32 Å². The van der Waals surface area contributed by atoms with E-state index in [0.717, 1.165) is 16.8 Å². The molecule has 24 heavy (non-hydrogen) atoms. The Morgan fingerprint density at radius 3 is 2.67 bits per heavy atom. The zero-order valence-corrected chi connectivity index (χ0v) is 14.0. The smallest absolute Gasteiger partial charge is 0.272 e. The Bertz CT molecular complexity index is 770. The van der Waals surface area contributed by atoms with Gasteiger partial charge in [-0.05, 0) is 44.5 Å². The maximum Gasteiger partial charge on any atom is 0.272 e. The van der Waals surface area contributed by atoms with Crippen LogP contribution in [0.15, 0.2) is 47.8 Å². The summed E-state index contributed by atoms with van der Waals surface area (Å²) in [5, 5.41) is 6.79. The van der Waals surface area contributed by atoms with Crippen molar-refractivity contribution in [1.29, 1.82) is 0 Å². The fourth-order valence-corrected chi connectivity index (χ4v) is 2.13. The van der Waals surface area contributed by atoms with Crippen molar-refractivity contribution in [3.63, 3.8) is 0 Å². The standard InChI is InChI=1S/C18H20N4O2/c1-12-6-7-16(13(2)9-12)20-17(23)10-14(3)21-22-18(24)15-5-4-8-19-11-15/h4-9,11H,10H2,1-3H3,(H,20,23)(H,22,24)/b21-14+. The molecule has 124 valence electrons. The first-order chi connectivity index (χ1) is 11.5. The van der Waals surface area contributed by atoms with E-state index in [4.69, 9.17) is 0 Å². The second kappa shape index (κ2) is 8.01. The molecular weight excluding hydrogens is 304 g/mol. The molecule has 0 aliphatic rings. The van der Waals surface area contributed by atoms with E-state index < -0.39 is 0 Å². The lowest BCUT2D eigenvalue weighted by Gasteiger charge is -2.09. The fraction of sp³-hybridized carbons (Fsp3) is 0.222. The van der Waals surface area contributed by atoms with Gasteiger partial charge < -0.3 is 5.32 Å². The van der Waals surface area contributed by atoms with Crippen LogP contribution in [0.5, 0.6) is 0 Å². The van der Waals surface area contributed by atoms with Gasteiger partial charge in [-0.25, -0.2) is 5.43 Å². The molecule has 0 radical (unpaired) electrons. The number of anilines is 1. The summed E-state index contributed by atoms with van der Waals surface area (Å²) in [4.78, 5) is 27.8. The zero-order valence-electron chi connectivity index (χ0n) is 14.0. The van der Waals surface area contributed by atoms with Crippen molar-refractivity contribution in [2.45, 2.75) is 27.2 Å². The van der Waals surface area contributed by atoms with Crippen LogP contribution in [0.1, 0.15) is 34.8 Å². The first kappa shape index (κ1) is 17.3. The topological polar surface area (TPSA) is 83.5 Å². The molecule has 2 N–H and O–H groups in total. The Morgan fingerprint density at radius 2 is 2.00 bits per heavy atom. The summed E-state index contributed by atoms with van der Waals surface area (Å²) in [6.45, 7) is 5.63. The van der Waals surface area contributed by atoms with Crippen LogP contribution >= 0.6 is 0 Å². The van der Waals surface area contributed by atoms with E-state index in [1.165, 1.54) is 6.20 Å². The number of benzene rings is 1. The monoisotopic (exact) mass is 324 g/mol. The molecule has 1 heterocycles. The van der Waals surface area contributed by atoms with E-state index in [9.17, 15) is 9.59 Å². The molecule has 6 nitrogen and oxygen atoms in total. The quantitative estimate of drug-likeness (QED) is 0.655. The molecule has 0 saturated carbocycles. The highest BCUT2D eigenvalue weighted by molar-refractivity contribution is 6.06. The van der Waals surface area contributed by atoms with Gasteiger partial charge in [-0.2, -0.15) is 5.10 Å². The van der Waals surface area contributed by atoms with Crippen molar-refractivity contribution < 1.29 is 9.59 Å². The lowest BCUT2D eigenvalue weighted by molar-refractivity contribution is -0.115. The normalized spacial score (nSPS) is 11.0. The number of nitrogens with one attached hydrogen (secondary N) is 2. The van der Waals surface area contributed by atoms with Crippen LogP contribution in [-0.4, -0.2) is 22.5 Å². The van der Waals surface area contributed by atoms with E-state index in [1.54, 1.807) is 25.3 Å². The number of aryl methyl sites for hydroxylation is 2. The molecule has 0 bridgehead atoms. The van der Waals surface area contributed by atoms with Crippen molar-refractivity contribution in [2.24, 2.45) is 5.10 Å². The van der Waals surface area contributed by atoms with Crippen molar-refractivity contribution in [1.82, 2.24) is 10.4 Å². The number of hydrazone groups is 1. The van der Waals surface area contributed by atoms with E-state index >= 15 is 0 Å². The minimum atomic E-state index is -0.364. The molecular formula is C18H20N4O2. The summed E-state index contributed by atoms with van der Waals surface area (Å²) in [5.41, 5.74) is 6.25. The number of pyridine rings is 1. The van der Waals surface area contributed by atoms with E-state index in [1.807, 2.05) is 32.0 Å². The van der Waals surface area contributed by atoms with Crippen molar-refractivity contribution >= 4 is 23.2 Å². The molecule has 1 aromatic carbocycles. The number of rotatable bonds is 5. The third-order valence-corrected chi connectivity index (χ3v) is 3.34. The van der Waals surface area contributed by atoms with Gasteiger partial charge in [-0.15, -0.1) is 0 Å². The number of hydrogen-bond donors (Lipinski definition) is 2. The summed E-state index contributed by atoms with van der Waals surface area (Å²) < 4.78 is 0. The lowest BCUT2D eigenvalue weighted by atomic mass is 10.1. The Morgan fingerprint density at radius 1 is 1.21 bits per heavy atom. The molecule has 0 fully saturated rings. The lowest BCUT2D eigenvalue weighted by Crippen LogP contribution is -2.21. The van der Waals surface area contributed by atoms with Crippen LogP contribution in [-0.2, 0) is 4.79 Å². The number of carbonyl (C=O) groups is 2. The third-order valence-electron chi connectivity index (χ3n) is 3.34. The number of aromatic nitrogens is 1. The molecule has 0 atom stereocenters. The van der Waals surface area contributed by atoms with Crippen LogP contribution in [0.2, 0.25) is 0 Å². The number of amides is 2. The van der Waals surface area contributed by atoms with Gasteiger partial charge in [-0.1, -0.05) is 17.7 Å². The predicted molar refractivity (Wildman–Crippen MR) is 94.0 cm³/mol. The van der Waals surface area contributed by atoms with Crippen LogP contribution in [0.25, 0.3) is 0 Å². The molecule has 6 heteroatoms. The molecule has 2 aromatic rings. The Balaban J connectivity index is 1.90. The van der Waals surface area contributed by atoms with Crippen molar-refractivity contribution in [3.05, 3.63) is 59.4 Å². The molecule has 0 aliphatic carbocycles. The van der Waals surface area contributed by atoms with Crippen LogP contribution in [0.4, 0.5) is 5.69 Å². The first-order valence-corrected chi connectivity index (χ1v) is 7.56. The molecule has 2 amide bonds. The van der Waals surface area contributed by atoms with Crippen LogP contribution in [0.3, 0.4) is 0 Å². The van der Waals surface area contributed by atoms with E-state index in [0.29, 0.717) is 11.3 Å². The van der Waals surface area contributed by atoms with E-state index in [2.05, 4.69) is 20.8 Å². The zero-order chi connectivity index (χ0) is 17.5. The second-order valence-electron chi connectivity index (χ2n) is 5.57. The van der Waals surface area contributed by atoms with Gasteiger partial charge in [0.1, 0.15) is 0 Å². The minimum absolute atomic E-state index is 0.0979. The Hall–Kier alpha value is -3.02. The van der Waals surface area contributed by atoms with Gasteiger partial charge in [0.05, 0.1) is 12.0 Å². The number of nitrogens with zero attached hydrogens (tertiary/aromatic N) is 2. The maximum atomic E-state index is 12.1. The summed E-state index contributed by atoms with van der Waals surface area (Å²) in [6.07, 6.45) is 3.14. The van der Waals surface area contributed by atoms with Gasteiger partial charge >= 0.3 is 0 Å². The average Bonchev–Trinajstić information content (AvgIpc) is 2.56. The summed E-state index contributed by atoms with van der Waals surface area (Å²) in [6, 6.07) is 9.13. The number of carbonyl (C=O) groups excluding carboxylic acids is 2. The average molecular weight is 324 g/mol. The Labute approximate surface area is 141 Å². The Kier molecular flexibility index (Phi) is 5.78. The molecule has 0 spiro atoms. The second-order valence-corrected chi connectivity index (χ2v) is 5.57. The SMILES string of the molecule is C/C(CC(=O)Nc1ccc(C)cc1C)=N\NC(=O)c1cccnc1. The molecule has 0 aliphatic heterocycles. The summed E-state index contributed by atoms with van der Waals surface area (Å²) in [5.74, 6) is -0.545. The molecule has 0 unspecified atom stereocenters. The van der Waals surface area contributed by atoms with Gasteiger partial charge in [0.15, 0.2) is 0 Å². The maximum absolute atomic E-state index is 12.1. The highest BCUT2D eigenvalue weighted by atomic mass is 16.2. The molecule has 1 aromatic heterocycles. The van der Waals surface area contributed by atoms with E-state index in [-0.39, 0.29) is 18.2 Å². The van der Waals surface area contributed by atoms with Gasteiger partial charge in [0.25, 0.3) is 5.91 Å². The van der Waals surface area contributed by atoms with Crippen LogP contribution in [0, 0.1) is 13.8 Å². The first-order valence-electron chi connectivity index (χ1n) is 7.56. The van der Waals surface area contributed by atoms with Gasteiger partial charge in [-0.3, -0.25) is 14.6 Å². The summed E-state index contributed by atoms with van der Waals surface area (Å²) in [7, 11) is 0. The van der Waals surface area contributed by atoms with Crippen LogP contribution < -0.4 is 10.7 Å². The highest BCUT2D eigenvalue weighted by Gasteiger charge is 2.08. The highest BCUT2D eigenvalue weighted by Crippen LogP contribution is 2.16. The third kappa shape index (κ3) is 5.01. The molecule has 0 saturated heterocycles.